The molecule has 22 heavy (non-hydrogen) atoms. The van der Waals surface area contributed by atoms with E-state index in [1.165, 1.54) is 20.1 Å². The molecule has 1 rings (SSSR count). The van der Waals surface area contributed by atoms with Crippen molar-refractivity contribution in [2.75, 3.05) is 13.7 Å². The quantitative estimate of drug-likeness (QED) is 0.606. The number of rotatable bonds is 6. The molecule has 0 spiro atoms. The van der Waals surface area contributed by atoms with Gasteiger partial charge in [0.2, 0.25) is 0 Å². The van der Waals surface area contributed by atoms with Crippen molar-refractivity contribution in [3.05, 3.63) is 38.9 Å². The van der Waals surface area contributed by atoms with Crippen LogP contribution in [0.3, 0.4) is 0 Å². The van der Waals surface area contributed by atoms with Crippen molar-refractivity contribution in [3.63, 3.8) is 0 Å². The van der Waals surface area contributed by atoms with Gasteiger partial charge in [-0.1, -0.05) is 0 Å². The van der Waals surface area contributed by atoms with Gasteiger partial charge in [0.15, 0.2) is 5.54 Å². The van der Waals surface area contributed by atoms with Gasteiger partial charge >= 0.3 is 5.97 Å². The molecule has 1 aromatic carbocycles. The monoisotopic (exact) mass is 310 g/mol. The van der Waals surface area contributed by atoms with E-state index in [9.17, 15) is 24.8 Å². The molecule has 8 heteroatoms. The van der Waals surface area contributed by atoms with E-state index >= 15 is 0 Å². The predicted molar refractivity (Wildman–Crippen MR) is 78.0 cm³/mol. The van der Waals surface area contributed by atoms with Crippen molar-refractivity contribution < 1.29 is 24.4 Å². The zero-order valence-corrected chi connectivity index (χ0v) is 12.8. The Morgan fingerprint density at radius 1 is 1.36 bits per heavy atom. The number of nitro groups is 1. The number of benzene rings is 1. The second kappa shape index (κ2) is 6.52. The fourth-order valence-electron chi connectivity index (χ4n) is 2.04. The molecule has 1 unspecified atom stereocenters. The van der Waals surface area contributed by atoms with E-state index in [1.807, 2.05) is 0 Å². The molecule has 2 N–H and O–H groups in total. The molecular weight excluding hydrogens is 292 g/mol. The number of aryl methyl sites for hydroxylation is 2. The van der Waals surface area contributed by atoms with Crippen molar-refractivity contribution in [1.82, 2.24) is 5.32 Å². The minimum absolute atomic E-state index is 0.0564. The molecule has 8 nitrogen and oxygen atoms in total. The van der Waals surface area contributed by atoms with E-state index in [0.29, 0.717) is 11.1 Å². The second-order valence-electron chi connectivity index (χ2n) is 5.24. The van der Waals surface area contributed by atoms with Gasteiger partial charge in [-0.05, 0) is 32.4 Å². The third-order valence-electron chi connectivity index (χ3n) is 3.28. The Morgan fingerprint density at radius 2 is 1.95 bits per heavy atom. The van der Waals surface area contributed by atoms with Gasteiger partial charge in [0.1, 0.15) is 0 Å². The molecule has 0 aliphatic rings. The smallest absolute Gasteiger partial charge is 0.331 e. The van der Waals surface area contributed by atoms with Crippen LogP contribution in [0, 0.1) is 24.0 Å². The maximum Gasteiger partial charge on any atom is 0.331 e. The molecule has 0 bridgehead atoms. The minimum atomic E-state index is -1.63. The fourth-order valence-corrected chi connectivity index (χ4v) is 2.04. The standard InChI is InChI=1S/C14H18N2O6/c1-8-5-9(2)11(16(20)21)6-10(8)12(17)15-14(3,7-22-4)13(18)19/h5-6H,7H2,1-4H3,(H,15,17)(H,18,19). The molecular formula is C14H18N2O6. The lowest BCUT2D eigenvalue weighted by Crippen LogP contribution is -2.55. The fraction of sp³-hybridized carbons (Fsp3) is 0.429. The zero-order chi connectivity index (χ0) is 17.1. The van der Waals surface area contributed by atoms with Gasteiger partial charge in [-0.15, -0.1) is 0 Å². The third kappa shape index (κ3) is 3.59. The van der Waals surface area contributed by atoms with Gasteiger partial charge in [0.25, 0.3) is 11.6 Å². The van der Waals surface area contributed by atoms with Crippen molar-refractivity contribution in [2.24, 2.45) is 0 Å². The van der Waals surface area contributed by atoms with Gasteiger partial charge in [0, 0.05) is 24.3 Å². The van der Waals surface area contributed by atoms with Crippen LogP contribution in [-0.2, 0) is 9.53 Å². The highest BCUT2D eigenvalue weighted by molar-refractivity contribution is 5.99. The number of amides is 1. The Morgan fingerprint density at radius 3 is 2.41 bits per heavy atom. The zero-order valence-electron chi connectivity index (χ0n) is 12.8. The molecule has 1 aromatic rings. The number of nitrogens with zero attached hydrogens (tertiary/aromatic N) is 1. The highest BCUT2D eigenvalue weighted by Crippen LogP contribution is 2.23. The lowest BCUT2D eigenvalue weighted by molar-refractivity contribution is -0.385. The Hall–Kier alpha value is -2.48. The van der Waals surface area contributed by atoms with Crippen LogP contribution in [0.15, 0.2) is 12.1 Å². The molecule has 0 saturated carbocycles. The predicted octanol–water partition coefficient (Wildman–Crippen LogP) is 1.43. The summed E-state index contributed by atoms with van der Waals surface area (Å²) in [5.41, 5.74) is -0.819. The molecule has 0 aliphatic heterocycles. The van der Waals surface area contributed by atoms with Gasteiger partial charge in [0.05, 0.1) is 11.5 Å². The Kier molecular flexibility index (Phi) is 5.21. The summed E-state index contributed by atoms with van der Waals surface area (Å²) in [7, 11) is 1.31. The van der Waals surface area contributed by atoms with Crippen LogP contribution >= 0.6 is 0 Å². The first-order valence-electron chi connectivity index (χ1n) is 6.43. The number of carboxylic acid groups (broad SMARTS) is 1. The lowest BCUT2D eigenvalue weighted by Gasteiger charge is -2.25. The van der Waals surface area contributed by atoms with Crippen LogP contribution in [0.1, 0.15) is 28.4 Å². The molecule has 1 atom stereocenters. The molecule has 0 fully saturated rings. The van der Waals surface area contributed by atoms with E-state index in [0.717, 1.165) is 6.07 Å². The first kappa shape index (κ1) is 17.6. The normalized spacial score (nSPS) is 13.3. The molecule has 120 valence electrons. The number of methoxy groups -OCH3 is 1. The van der Waals surface area contributed by atoms with E-state index in [2.05, 4.69) is 5.32 Å². The van der Waals surface area contributed by atoms with Crippen LogP contribution in [0.5, 0.6) is 0 Å². The van der Waals surface area contributed by atoms with Gasteiger partial charge < -0.3 is 15.2 Å². The summed E-state index contributed by atoms with van der Waals surface area (Å²) in [6.07, 6.45) is 0. The number of nitrogens with one attached hydrogen (secondary N) is 1. The number of carbonyl (C=O) groups excluding carboxylic acids is 1. The Bertz CT molecular complexity index is 628. The number of carbonyl (C=O) groups is 2. The van der Waals surface area contributed by atoms with E-state index < -0.39 is 22.3 Å². The number of hydrogen-bond donors (Lipinski definition) is 2. The first-order chi connectivity index (χ1) is 10.1. The summed E-state index contributed by atoms with van der Waals surface area (Å²) >= 11 is 0. The molecule has 1 amide bonds. The Balaban J connectivity index is 3.20. The van der Waals surface area contributed by atoms with Crippen molar-refractivity contribution in [2.45, 2.75) is 26.3 Å². The van der Waals surface area contributed by atoms with Gasteiger partial charge in [-0.2, -0.15) is 0 Å². The highest BCUT2D eigenvalue weighted by atomic mass is 16.6. The van der Waals surface area contributed by atoms with Crippen molar-refractivity contribution in [1.29, 1.82) is 0 Å². The third-order valence-corrected chi connectivity index (χ3v) is 3.28. The average Bonchev–Trinajstić information content (AvgIpc) is 2.37. The number of carboxylic acids is 1. The number of aliphatic carboxylic acids is 1. The SMILES string of the molecule is COCC(C)(NC(=O)c1cc([N+](=O)[O-])c(C)cc1C)C(=O)O. The summed E-state index contributed by atoms with van der Waals surface area (Å²) in [5.74, 6) is -1.97. The number of ether oxygens (including phenoxy) is 1. The van der Waals surface area contributed by atoms with Gasteiger partial charge in [-0.3, -0.25) is 14.9 Å². The number of nitro benzene ring substituents is 1. The summed E-state index contributed by atoms with van der Waals surface area (Å²) in [4.78, 5) is 34.0. The molecule has 0 aromatic heterocycles. The second-order valence-corrected chi connectivity index (χ2v) is 5.24. The summed E-state index contributed by atoms with van der Waals surface area (Å²) in [5, 5.41) is 22.5. The van der Waals surface area contributed by atoms with Crippen LogP contribution in [-0.4, -0.2) is 41.2 Å². The van der Waals surface area contributed by atoms with Crippen molar-refractivity contribution >= 4 is 17.6 Å². The Labute approximate surface area is 127 Å². The van der Waals surface area contributed by atoms with E-state index in [-0.39, 0.29) is 17.9 Å². The lowest BCUT2D eigenvalue weighted by atomic mass is 10.00. The minimum Gasteiger partial charge on any atom is -0.479 e. The topological polar surface area (TPSA) is 119 Å². The maximum absolute atomic E-state index is 12.3. The van der Waals surface area contributed by atoms with Crippen LogP contribution < -0.4 is 5.32 Å². The molecule has 0 saturated heterocycles. The van der Waals surface area contributed by atoms with Crippen LogP contribution in [0.25, 0.3) is 0 Å². The summed E-state index contributed by atoms with van der Waals surface area (Å²) in [6, 6.07) is 2.66. The van der Waals surface area contributed by atoms with Crippen molar-refractivity contribution in [3.8, 4) is 0 Å². The average molecular weight is 310 g/mol. The molecule has 0 radical (unpaired) electrons. The molecule has 0 aliphatic carbocycles. The van der Waals surface area contributed by atoms with Crippen LogP contribution in [0.4, 0.5) is 5.69 Å². The summed E-state index contributed by atoms with van der Waals surface area (Å²) < 4.78 is 4.81. The number of hydrogen-bond acceptors (Lipinski definition) is 5. The van der Waals surface area contributed by atoms with E-state index in [4.69, 9.17) is 4.74 Å². The largest absolute Gasteiger partial charge is 0.479 e. The van der Waals surface area contributed by atoms with Crippen LogP contribution in [0.2, 0.25) is 0 Å². The molecule has 0 heterocycles. The van der Waals surface area contributed by atoms with Gasteiger partial charge in [-0.25, -0.2) is 4.79 Å². The maximum atomic E-state index is 12.3. The highest BCUT2D eigenvalue weighted by Gasteiger charge is 2.36. The van der Waals surface area contributed by atoms with E-state index in [1.54, 1.807) is 13.8 Å². The summed E-state index contributed by atoms with van der Waals surface area (Å²) in [6.45, 7) is 4.26. The first-order valence-corrected chi connectivity index (χ1v) is 6.43.